The summed E-state index contributed by atoms with van der Waals surface area (Å²) >= 11 is 10.9. The summed E-state index contributed by atoms with van der Waals surface area (Å²) in [6, 6.07) is 6.77. The average Bonchev–Trinajstić information content (AvgIpc) is 2.36. The lowest BCUT2D eigenvalue weighted by Gasteiger charge is -2.27. The third-order valence-corrected chi connectivity index (χ3v) is 3.22. The van der Waals surface area contributed by atoms with Gasteiger partial charge in [0.25, 0.3) is 0 Å². The molecule has 0 radical (unpaired) electrons. The second kappa shape index (κ2) is 7.54. The van der Waals surface area contributed by atoms with Crippen molar-refractivity contribution in [2.75, 3.05) is 0 Å². The maximum atomic E-state index is 7.83. The van der Waals surface area contributed by atoms with Crippen LogP contribution in [0.2, 0.25) is 5.02 Å². The van der Waals surface area contributed by atoms with E-state index in [1.54, 1.807) is 24.3 Å². The molecule has 0 saturated heterocycles. The normalized spacial score (nSPS) is 14.1. The van der Waals surface area contributed by atoms with Crippen LogP contribution in [-0.4, -0.2) is 16.8 Å². The van der Waals surface area contributed by atoms with Gasteiger partial charge in [-0.2, -0.15) is 0 Å². The highest BCUT2D eigenvalue weighted by molar-refractivity contribution is 7.80. The number of hydrogen-bond acceptors (Lipinski definition) is 3. The fraction of sp³-hybridized carbons (Fsp3) is 0.250. The van der Waals surface area contributed by atoms with Crippen molar-refractivity contribution in [2.24, 2.45) is 16.6 Å². The minimum absolute atomic E-state index is 0. The van der Waals surface area contributed by atoms with E-state index < -0.39 is 4.59 Å². The molecule has 0 heterocycles. The van der Waals surface area contributed by atoms with Crippen LogP contribution in [0, 0.1) is 5.41 Å². The van der Waals surface area contributed by atoms with Crippen LogP contribution in [0.1, 0.15) is 20.3 Å². The minimum Gasteiger partial charge on any atom is -0.342 e. The van der Waals surface area contributed by atoms with E-state index in [0.29, 0.717) is 17.1 Å². The summed E-state index contributed by atoms with van der Waals surface area (Å²) in [5.74, 6) is -0.261. The van der Waals surface area contributed by atoms with E-state index in [-0.39, 0.29) is 23.5 Å². The van der Waals surface area contributed by atoms with Gasteiger partial charge in [-0.15, -0.1) is 12.4 Å². The zero-order chi connectivity index (χ0) is 14.6. The van der Waals surface area contributed by atoms with Crippen molar-refractivity contribution in [1.82, 2.24) is 4.59 Å². The maximum absolute atomic E-state index is 7.83. The van der Waals surface area contributed by atoms with Gasteiger partial charge < -0.3 is 11.5 Å². The van der Waals surface area contributed by atoms with E-state index in [4.69, 9.17) is 40.7 Å². The summed E-state index contributed by atoms with van der Waals surface area (Å²) in [5, 5.41) is 12.8. The Morgan fingerprint density at radius 3 is 2.20 bits per heavy atom. The van der Waals surface area contributed by atoms with Crippen LogP contribution in [0.3, 0.4) is 0 Å². The molecular weight excluding hydrogens is 317 g/mol. The van der Waals surface area contributed by atoms with Gasteiger partial charge in [0.15, 0.2) is 5.69 Å². The smallest absolute Gasteiger partial charge is 0.332 e. The van der Waals surface area contributed by atoms with E-state index in [2.05, 4.69) is 5.10 Å². The van der Waals surface area contributed by atoms with Crippen LogP contribution in [0.15, 0.2) is 29.4 Å². The molecule has 1 aromatic carbocycles. The summed E-state index contributed by atoms with van der Waals surface area (Å²) in [7, 11) is 0. The van der Waals surface area contributed by atoms with Gasteiger partial charge >= 0.3 is 11.1 Å². The summed E-state index contributed by atoms with van der Waals surface area (Å²) in [6.45, 7) is 3.79. The Morgan fingerprint density at radius 1 is 1.35 bits per heavy atom. The minimum atomic E-state index is -0.508. The number of nitrogens with zero attached hydrogens (tertiary/aromatic N) is 2. The zero-order valence-corrected chi connectivity index (χ0v) is 13.6. The van der Waals surface area contributed by atoms with Gasteiger partial charge in [-0.05, 0) is 30.1 Å². The molecule has 0 spiro atoms. The van der Waals surface area contributed by atoms with Gasteiger partial charge in [-0.3, -0.25) is 0 Å². The largest absolute Gasteiger partial charge is 0.342 e. The first-order valence-electron chi connectivity index (χ1n) is 5.70. The van der Waals surface area contributed by atoms with Crippen LogP contribution in [0.4, 0.5) is 5.69 Å². The maximum Gasteiger partial charge on any atom is 0.332 e. The van der Waals surface area contributed by atoms with Crippen LogP contribution in [-0.2, 0) is 0 Å². The molecule has 110 valence electrons. The standard InChI is InChI=1S/C12H16ClN5S.ClH/c1-3-8(2)17-18(11(14)15,12(16)19)10-6-4-9(13)5-7-10;/h4-7H,3H2,1-2H3,(H4-,14,15,16,19);1H/p+1/b17-8+;. The Balaban J connectivity index is 0.00000361. The third-order valence-electron chi connectivity index (χ3n) is 2.70. The van der Waals surface area contributed by atoms with Gasteiger partial charge in [-0.25, -0.2) is 5.41 Å². The Bertz CT molecular complexity index is 513. The summed E-state index contributed by atoms with van der Waals surface area (Å²) in [5.41, 5.74) is 12.9. The Morgan fingerprint density at radius 2 is 1.85 bits per heavy atom. The fourth-order valence-electron chi connectivity index (χ4n) is 1.53. The molecule has 0 aliphatic carbocycles. The number of nitrogens with two attached hydrogens (primary N) is 2. The molecule has 1 aromatic rings. The van der Waals surface area contributed by atoms with Crippen molar-refractivity contribution in [3.63, 3.8) is 0 Å². The summed E-state index contributed by atoms with van der Waals surface area (Å²) < 4.78 is -0.508. The first kappa shape index (κ1) is 18.8. The van der Waals surface area contributed by atoms with Gasteiger partial charge in [-0.1, -0.05) is 23.6 Å². The molecule has 1 atom stereocenters. The quantitative estimate of drug-likeness (QED) is 0.261. The number of hydrogen-bond donors (Lipinski definition) is 3. The molecule has 1 rings (SSSR count). The lowest BCUT2D eigenvalue weighted by atomic mass is 10.3. The number of guanidine groups is 1. The zero-order valence-electron chi connectivity index (χ0n) is 11.3. The molecule has 8 heteroatoms. The molecule has 1 unspecified atom stereocenters. The predicted octanol–water partition coefficient (Wildman–Crippen LogP) is 2.99. The molecule has 5 N–H and O–H groups in total. The predicted molar refractivity (Wildman–Crippen MR) is 92.6 cm³/mol. The highest BCUT2D eigenvalue weighted by atomic mass is 35.5. The molecule has 0 aromatic heterocycles. The van der Waals surface area contributed by atoms with Gasteiger partial charge in [0.1, 0.15) is 0 Å². The van der Waals surface area contributed by atoms with E-state index in [1.165, 1.54) is 0 Å². The first-order chi connectivity index (χ1) is 8.84. The van der Waals surface area contributed by atoms with Crippen LogP contribution < -0.4 is 16.1 Å². The number of thiocarbonyl (C=S) groups is 1. The topological polar surface area (TPSA) is 88.2 Å². The van der Waals surface area contributed by atoms with Crippen molar-refractivity contribution in [2.45, 2.75) is 20.3 Å². The lowest BCUT2D eigenvalue weighted by Crippen LogP contribution is -2.60. The number of halogens is 2. The van der Waals surface area contributed by atoms with Crippen molar-refractivity contribution < 1.29 is 0 Å². The number of nitrogens with one attached hydrogen (secondary N) is 1. The monoisotopic (exact) mass is 334 g/mol. The summed E-state index contributed by atoms with van der Waals surface area (Å²) in [6.07, 6.45) is 0.712. The number of rotatable bonds is 3. The van der Waals surface area contributed by atoms with Crippen molar-refractivity contribution in [3.05, 3.63) is 29.3 Å². The van der Waals surface area contributed by atoms with Gasteiger partial charge in [0.05, 0.1) is 5.71 Å². The molecule has 5 nitrogen and oxygen atoms in total. The fourth-order valence-corrected chi connectivity index (χ4v) is 1.90. The Hall–Kier alpha value is -1.21. The first-order valence-corrected chi connectivity index (χ1v) is 6.48. The van der Waals surface area contributed by atoms with Crippen LogP contribution in [0.25, 0.3) is 0 Å². The van der Waals surface area contributed by atoms with E-state index in [0.717, 1.165) is 5.71 Å². The molecule has 0 aliphatic rings. The highest BCUT2D eigenvalue weighted by Gasteiger charge is 2.40. The molecule has 0 amide bonds. The molecule has 20 heavy (non-hydrogen) atoms. The molecular formula is C12H18Cl2N5S+. The van der Waals surface area contributed by atoms with Crippen molar-refractivity contribution in [1.29, 1.82) is 5.41 Å². The lowest BCUT2D eigenvalue weighted by molar-refractivity contribution is 0.617. The van der Waals surface area contributed by atoms with Crippen molar-refractivity contribution in [3.8, 4) is 0 Å². The second-order valence-corrected chi connectivity index (χ2v) is 4.88. The third kappa shape index (κ3) is 3.67. The second-order valence-electron chi connectivity index (χ2n) is 4.02. The van der Waals surface area contributed by atoms with Crippen LogP contribution >= 0.6 is 36.2 Å². The molecule has 0 saturated carbocycles. The molecule has 0 fully saturated rings. The highest BCUT2D eigenvalue weighted by Crippen LogP contribution is 2.26. The van der Waals surface area contributed by atoms with E-state index in [1.807, 2.05) is 13.8 Å². The van der Waals surface area contributed by atoms with Gasteiger partial charge in [0.2, 0.25) is 0 Å². The summed E-state index contributed by atoms with van der Waals surface area (Å²) in [4.78, 5) is 0. The van der Waals surface area contributed by atoms with E-state index >= 15 is 0 Å². The van der Waals surface area contributed by atoms with Crippen LogP contribution in [0.5, 0.6) is 0 Å². The van der Waals surface area contributed by atoms with Crippen molar-refractivity contribution >= 4 is 58.7 Å². The molecule has 0 aliphatic heterocycles. The van der Waals surface area contributed by atoms with Gasteiger partial charge in [0, 0.05) is 29.4 Å². The Labute approximate surface area is 135 Å². The molecule has 0 bridgehead atoms. The van der Waals surface area contributed by atoms with E-state index in [9.17, 15) is 0 Å². The SMILES string of the molecule is CC/C(C)=N/[N+](C(=N)N)(C(N)=S)c1ccc(Cl)cc1.Cl. The number of quaternary nitrogens is 1. The Kier molecular flexibility index (Phi) is 7.08. The average molecular weight is 335 g/mol. The number of benzene rings is 1.